The molecule has 4 nitrogen and oxygen atoms in total. The van der Waals surface area contributed by atoms with Gasteiger partial charge in [0.2, 0.25) is 0 Å². The summed E-state index contributed by atoms with van der Waals surface area (Å²) in [6.45, 7) is 4.47. The summed E-state index contributed by atoms with van der Waals surface area (Å²) in [5.41, 5.74) is 1.28. The largest absolute Gasteiger partial charge is 0.486 e. The number of hydrogen-bond acceptors (Lipinski definition) is 4. The molecule has 2 aliphatic rings. The van der Waals surface area contributed by atoms with Gasteiger partial charge in [0.25, 0.3) is 0 Å². The fourth-order valence-corrected chi connectivity index (χ4v) is 3.46. The van der Waals surface area contributed by atoms with Gasteiger partial charge in [-0.2, -0.15) is 0 Å². The van der Waals surface area contributed by atoms with E-state index in [2.05, 4.69) is 32.2 Å². The lowest BCUT2D eigenvalue weighted by atomic mass is 10.1. The average Bonchev–Trinajstić information content (AvgIpc) is 2.87. The second-order valence-corrected chi connectivity index (χ2v) is 6.27. The Morgan fingerprint density at radius 1 is 1.29 bits per heavy atom. The average molecular weight is 378 g/mol. The molecule has 0 saturated carbocycles. The number of fused-ring (bicyclic) bond motifs is 1. The van der Waals surface area contributed by atoms with Crippen LogP contribution in [0.15, 0.2) is 16.6 Å². The molecule has 0 radical (unpaired) electrons. The maximum Gasteiger partial charge on any atom is 0.162 e. The summed E-state index contributed by atoms with van der Waals surface area (Å²) in [6, 6.07) is 4.79. The summed E-state index contributed by atoms with van der Waals surface area (Å²) in [7, 11) is 2.02. The van der Waals surface area contributed by atoms with Crippen molar-refractivity contribution in [3.63, 3.8) is 0 Å². The fourth-order valence-electron chi connectivity index (χ4n) is 3.02. The maximum atomic E-state index is 5.68. The highest BCUT2D eigenvalue weighted by Crippen LogP contribution is 2.36. The number of rotatable bonds is 4. The van der Waals surface area contributed by atoms with E-state index >= 15 is 0 Å². The molecule has 21 heavy (non-hydrogen) atoms. The highest BCUT2D eigenvalue weighted by atomic mass is 79.9. The van der Waals surface area contributed by atoms with Gasteiger partial charge in [0.05, 0.1) is 0 Å². The first-order chi connectivity index (χ1) is 9.78. The molecule has 1 unspecified atom stereocenters. The minimum atomic E-state index is 0. The highest BCUT2D eigenvalue weighted by Gasteiger charge is 2.25. The van der Waals surface area contributed by atoms with E-state index in [4.69, 9.17) is 9.47 Å². The van der Waals surface area contributed by atoms with Crippen molar-refractivity contribution < 1.29 is 9.47 Å². The van der Waals surface area contributed by atoms with Gasteiger partial charge in [0.1, 0.15) is 13.2 Å². The molecular weight excluding hydrogens is 356 g/mol. The Morgan fingerprint density at radius 3 is 2.71 bits per heavy atom. The van der Waals surface area contributed by atoms with E-state index in [9.17, 15) is 0 Å². The van der Waals surface area contributed by atoms with Gasteiger partial charge >= 0.3 is 0 Å². The number of nitrogens with zero attached hydrogens (tertiary/aromatic N) is 1. The van der Waals surface area contributed by atoms with Gasteiger partial charge in [-0.25, -0.2) is 0 Å². The molecule has 1 fully saturated rings. The van der Waals surface area contributed by atoms with Crippen LogP contribution in [-0.2, 0) is 6.54 Å². The third kappa shape index (κ3) is 3.83. The number of likely N-dealkylation sites (tertiary alicyclic amines) is 1. The first-order valence-electron chi connectivity index (χ1n) is 7.24. The van der Waals surface area contributed by atoms with E-state index in [1.54, 1.807) is 0 Å². The van der Waals surface area contributed by atoms with E-state index in [0.29, 0.717) is 19.3 Å². The number of benzene rings is 1. The van der Waals surface area contributed by atoms with Crippen LogP contribution in [0.3, 0.4) is 0 Å². The van der Waals surface area contributed by atoms with Crippen molar-refractivity contribution in [3.05, 3.63) is 22.2 Å². The van der Waals surface area contributed by atoms with Crippen LogP contribution in [0, 0.1) is 0 Å². The number of nitrogens with one attached hydrogen (secondary N) is 1. The van der Waals surface area contributed by atoms with Crippen molar-refractivity contribution in [2.45, 2.75) is 25.4 Å². The third-order valence-electron chi connectivity index (χ3n) is 4.02. The smallest absolute Gasteiger partial charge is 0.162 e. The first kappa shape index (κ1) is 16.9. The van der Waals surface area contributed by atoms with Gasteiger partial charge in [-0.05, 0) is 44.1 Å². The van der Waals surface area contributed by atoms with Crippen LogP contribution in [0.5, 0.6) is 11.5 Å². The monoisotopic (exact) mass is 376 g/mol. The van der Waals surface area contributed by atoms with Gasteiger partial charge in [-0.3, -0.25) is 4.90 Å². The Labute approximate surface area is 140 Å². The lowest BCUT2D eigenvalue weighted by Crippen LogP contribution is -2.36. The summed E-state index contributed by atoms with van der Waals surface area (Å²) < 4.78 is 12.4. The summed E-state index contributed by atoms with van der Waals surface area (Å²) in [5, 5.41) is 3.29. The molecule has 1 N–H and O–H groups in total. The minimum Gasteiger partial charge on any atom is -0.486 e. The van der Waals surface area contributed by atoms with E-state index in [1.807, 2.05) is 13.1 Å². The van der Waals surface area contributed by atoms with Gasteiger partial charge in [0, 0.05) is 23.6 Å². The first-order valence-corrected chi connectivity index (χ1v) is 8.04. The van der Waals surface area contributed by atoms with Gasteiger partial charge in [0.15, 0.2) is 11.5 Å². The van der Waals surface area contributed by atoms with Crippen LogP contribution in [0.2, 0.25) is 0 Å². The molecule has 118 valence electrons. The summed E-state index contributed by atoms with van der Waals surface area (Å²) >= 11 is 3.66. The molecule has 0 aliphatic carbocycles. The van der Waals surface area contributed by atoms with Crippen molar-refractivity contribution in [2.75, 3.05) is 33.4 Å². The summed E-state index contributed by atoms with van der Waals surface area (Å²) in [5.74, 6) is 1.72. The lowest BCUT2D eigenvalue weighted by molar-refractivity contribution is 0.170. The quantitative estimate of drug-likeness (QED) is 0.875. The maximum absolute atomic E-state index is 5.68. The van der Waals surface area contributed by atoms with Crippen molar-refractivity contribution in [2.24, 2.45) is 0 Å². The number of likely N-dealkylation sites (N-methyl/N-ethyl adjacent to an activating group) is 1. The van der Waals surface area contributed by atoms with Gasteiger partial charge in [-0.1, -0.05) is 15.9 Å². The third-order valence-corrected chi connectivity index (χ3v) is 4.76. The molecule has 3 rings (SSSR count). The molecule has 2 heterocycles. The van der Waals surface area contributed by atoms with E-state index in [1.165, 1.54) is 24.9 Å². The van der Waals surface area contributed by atoms with Crippen molar-refractivity contribution in [1.29, 1.82) is 0 Å². The standard InChI is InChI=1S/C15H21BrN2O2.ClH/c1-17-9-12-3-2-4-18(12)10-11-7-14-15(8-13(11)16)20-6-5-19-14;/h7-8,12,17H,2-6,9-10H2,1H3;1H. The minimum absolute atomic E-state index is 0. The number of hydrogen-bond donors (Lipinski definition) is 1. The van der Waals surface area contributed by atoms with E-state index in [0.717, 1.165) is 29.1 Å². The van der Waals surface area contributed by atoms with Crippen LogP contribution in [-0.4, -0.2) is 44.3 Å². The SMILES string of the molecule is CNCC1CCCN1Cc1cc2c(cc1Br)OCCO2.Cl. The van der Waals surface area contributed by atoms with Crippen LogP contribution in [0.25, 0.3) is 0 Å². The predicted octanol–water partition coefficient (Wildman–Crippen LogP) is 2.83. The van der Waals surface area contributed by atoms with Crippen LogP contribution < -0.4 is 14.8 Å². The lowest BCUT2D eigenvalue weighted by Gasteiger charge is -2.26. The zero-order chi connectivity index (χ0) is 13.9. The Morgan fingerprint density at radius 2 is 2.00 bits per heavy atom. The Kier molecular flexibility index (Phi) is 6.17. The molecule has 0 bridgehead atoms. The molecule has 0 amide bonds. The number of ether oxygens (including phenoxy) is 2. The molecule has 1 aromatic rings. The summed E-state index contributed by atoms with van der Waals surface area (Å²) in [4.78, 5) is 2.55. The highest BCUT2D eigenvalue weighted by molar-refractivity contribution is 9.10. The molecule has 0 aromatic heterocycles. The van der Waals surface area contributed by atoms with Gasteiger partial charge < -0.3 is 14.8 Å². The normalized spacial score (nSPS) is 21.1. The van der Waals surface area contributed by atoms with E-state index < -0.39 is 0 Å². The zero-order valence-electron chi connectivity index (χ0n) is 12.2. The Bertz CT molecular complexity index is 487. The molecule has 2 aliphatic heterocycles. The molecule has 1 atom stereocenters. The van der Waals surface area contributed by atoms with Crippen LogP contribution in [0.4, 0.5) is 0 Å². The zero-order valence-corrected chi connectivity index (χ0v) is 14.6. The fraction of sp³-hybridized carbons (Fsp3) is 0.600. The van der Waals surface area contributed by atoms with Crippen molar-refractivity contribution >= 4 is 28.3 Å². The summed E-state index contributed by atoms with van der Waals surface area (Å²) in [6.07, 6.45) is 2.57. The topological polar surface area (TPSA) is 33.7 Å². The second-order valence-electron chi connectivity index (χ2n) is 5.41. The Balaban J connectivity index is 0.00000161. The predicted molar refractivity (Wildman–Crippen MR) is 89.7 cm³/mol. The number of halogens is 2. The molecular formula is C15H22BrClN2O2. The van der Waals surface area contributed by atoms with Crippen molar-refractivity contribution in [1.82, 2.24) is 10.2 Å². The molecule has 1 aromatic carbocycles. The molecule has 0 spiro atoms. The van der Waals surface area contributed by atoms with Gasteiger partial charge in [-0.15, -0.1) is 12.4 Å². The Hall–Kier alpha value is -0.490. The molecule has 6 heteroatoms. The van der Waals surface area contributed by atoms with Crippen LogP contribution >= 0.6 is 28.3 Å². The molecule has 1 saturated heterocycles. The second kappa shape index (κ2) is 7.68. The van der Waals surface area contributed by atoms with Crippen LogP contribution in [0.1, 0.15) is 18.4 Å². The van der Waals surface area contributed by atoms with Crippen molar-refractivity contribution in [3.8, 4) is 11.5 Å². The van der Waals surface area contributed by atoms with E-state index in [-0.39, 0.29) is 12.4 Å².